The lowest BCUT2D eigenvalue weighted by Gasteiger charge is -2.28. The lowest BCUT2D eigenvalue weighted by Crippen LogP contribution is -2.50. The molecular weight excluding hydrogens is 536 g/mol. The largest absolute Gasteiger partial charge is 0.445 e. The molecule has 0 radical (unpaired) electrons. The van der Waals surface area contributed by atoms with Crippen LogP contribution in [-0.4, -0.2) is 41.2 Å². The van der Waals surface area contributed by atoms with Crippen LogP contribution in [0.3, 0.4) is 0 Å². The van der Waals surface area contributed by atoms with Gasteiger partial charge in [0, 0.05) is 35.4 Å². The normalized spacial score (nSPS) is 19.1. The number of nitrogens with zero attached hydrogens (tertiary/aromatic N) is 1. The van der Waals surface area contributed by atoms with Crippen LogP contribution in [-0.2, 0) is 18.4 Å². The number of anilines is 1. The van der Waals surface area contributed by atoms with Crippen LogP contribution >= 0.6 is 0 Å². The van der Waals surface area contributed by atoms with Crippen LogP contribution in [0.1, 0.15) is 78.1 Å². The number of aliphatic hydroxyl groups is 1. The van der Waals surface area contributed by atoms with Crippen molar-refractivity contribution < 1.29 is 14.3 Å². The Morgan fingerprint density at radius 2 is 1.84 bits per heavy atom. The summed E-state index contributed by atoms with van der Waals surface area (Å²) in [6.07, 6.45) is 7.97. The summed E-state index contributed by atoms with van der Waals surface area (Å²) in [6.45, 7) is 5.59. The first-order valence-electron chi connectivity index (χ1n) is 15.6. The van der Waals surface area contributed by atoms with Gasteiger partial charge in [-0.15, -0.1) is 0 Å². The third-order valence-electron chi connectivity index (χ3n) is 8.83. The number of carbonyl (C=O) groups is 1. The zero-order valence-corrected chi connectivity index (χ0v) is 25.1. The molecule has 1 aliphatic carbocycles. The number of aliphatic hydroxyl groups excluding tert-OH is 1. The first-order valence-corrected chi connectivity index (χ1v) is 15.6. The van der Waals surface area contributed by atoms with E-state index < -0.39 is 12.1 Å². The molecule has 1 aliphatic heterocycles. The Labute approximate surface area is 254 Å². The average molecular weight is 579 g/mol. The summed E-state index contributed by atoms with van der Waals surface area (Å²) in [5.74, 6) is 0.681. The van der Waals surface area contributed by atoms with Gasteiger partial charge in [0.25, 0.3) is 5.91 Å². The van der Waals surface area contributed by atoms with Gasteiger partial charge in [0.15, 0.2) is 0 Å². The molecular formula is C36H42N4O3. The molecule has 2 atom stereocenters. The van der Waals surface area contributed by atoms with Crippen molar-refractivity contribution in [2.24, 2.45) is 0 Å². The van der Waals surface area contributed by atoms with Crippen molar-refractivity contribution in [1.82, 2.24) is 15.6 Å². The second-order valence-corrected chi connectivity index (χ2v) is 12.4. The standard InChI is InChI=1S/C36H42N4O3/c1-24(2)27-10-6-11-30(20-27)36(12-13-36)39-23-33(41)32-18-26-9-5-8-25(17-26)7-3-4-14-37-31-21-28(34(42)40-32)19-29(22-31)35-38-15-16-43-35/h5-6,8-11,15-17,19-22,24,32-33,37,39,41H,3-4,7,12-14,18,23H2,1-2H3,(H,40,42)/t32-,33+/m0/s1. The molecule has 1 aromatic heterocycles. The maximum absolute atomic E-state index is 13.8. The molecule has 224 valence electrons. The summed E-state index contributed by atoms with van der Waals surface area (Å²) in [5, 5.41) is 22.0. The third kappa shape index (κ3) is 7.00. The van der Waals surface area contributed by atoms with Gasteiger partial charge in [-0.2, -0.15) is 0 Å². The van der Waals surface area contributed by atoms with E-state index in [1.165, 1.54) is 23.0 Å². The molecule has 4 bridgehead atoms. The zero-order chi connectivity index (χ0) is 29.8. The van der Waals surface area contributed by atoms with Gasteiger partial charge in [0.05, 0.1) is 18.3 Å². The van der Waals surface area contributed by atoms with Crippen LogP contribution in [0.15, 0.2) is 83.6 Å². The second kappa shape index (κ2) is 12.7. The topological polar surface area (TPSA) is 99.4 Å². The Kier molecular flexibility index (Phi) is 8.63. The molecule has 4 aromatic rings. The van der Waals surface area contributed by atoms with E-state index in [-0.39, 0.29) is 11.4 Å². The van der Waals surface area contributed by atoms with E-state index in [0.717, 1.165) is 55.5 Å². The number of aromatic nitrogens is 1. The quantitative estimate of drug-likeness (QED) is 0.209. The molecule has 2 heterocycles. The maximum Gasteiger partial charge on any atom is 0.251 e. The predicted octanol–water partition coefficient (Wildman–Crippen LogP) is 6.19. The maximum atomic E-state index is 13.8. The van der Waals surface area contributed by atoms with Gasteiger partial charge in [-0.25, -0.2) is 4.98 Å². The SMILES string of the molecule is CC(C)c1cccc(C2(NC[C@@H](O)[C@@H]3Cc4cccc(c4)CCCCNc4cc(cc(-c5ncco5)c4)C(=O)N3)CC2)c1. The number of hydrogen-bond acceptors (Lipinski definition) is 6. The fraction of sp³-hybridized carbons (Fsp3) is 0.389. The number of fused-ring (bicyclic) bond motifs is 4. The number of aryl methyl sites for hydroxylation is 1. The van der Waals surface area contributed by atoms with E-state index in [4.69, 9.17) is 4.42 Å². The van der Waals surface area contributed by atoms with E-state index in [0.29, 0.717) is 30.3 Å². The molecule has 6 rings (SSSR count). The molecule has 3 aromatic carbocycles. The van der Waals surface area contributed by atoms with E-state index in [9.17, 15) is 9.90 Å². The van der Waals surface area contributed by atoms with Crippen molar-refractivity contribution in [2.75, 3.05) is 18.4 Å². The second-order valence-electron chi connectivity index (χ2n) is 12.4. The third-order valence-corrected chi connectivity index (χ3v) is 8.83. The summed E-state index contributed by atoms with van der Waals surface area (Å²) in [7, 11) is 0. The molecule has 4 N–H and O–H groups in total. The Bertz CT molecular complexity index is 1540. The molecule has 0 spiro atoms. The molecule has 1 fully saturated rings. The monoisotopic (exact) mass is 578 g/mol. The van der Waals surface area contributed by atoms with Crippen molar-refractivity contribution >= 4 is 11.6 Å². The van der Waals surface area contributed by atoms with Gasteiger partial charge in [0.1, 0.15) is 6.26 Å². The van der Waals surface area contributed by atoms with Crippen molar-refractivity contribution in [3.8, 4) is 11.5 Å². The highest BCUT2D eigenvalue weighted by atomic mass is 16.3. The molecule has 43 heavy (non-hydrogen) atoms. The zero-order valence-electron chi connectivity index (χ0n) is 25.1. The highest BCUT2D eigenvalue weighted by Crippen LogP contribution is 2.46. The van der Waals surface area contributed by atoms with Crippen molar-refractivity contribution in [2.45, 2.75) is 76.0 Å². The van der Waals surface area contributed by atoms with Gasteiger partial charge in [-0.05, 0) is 84.9 Å². The Hall–Kier alpha value is -3.94. The van der Waals surface area contributed by atoms with Crippen LogP contribution in [0.5, 0.6) is 0 Å². The first kappa shape index (κ1) is 29.1. The first-order chi connectivity index (χ1) is 20.9. The van der Waals surface area contributed by atoms with Crippen LogP contribution in [0.25, 0.3) is 11.5 Å². The van der Waals surface area contributed by atoms with E-state index >= 15 is 0 Å². The van der Waals surface area contributed by atoms with Crippen molar-refractivity contribution in [3.05, 3.63) is 107 Å². The van der Waals surface area contributed by atoms with Gasteiger partial charge in [-0.1, -0.05) is 62.4 Å². The van der Waals surface area contributed by atoms with E-state index in [2.05, 4.69) is 83.3 Å². The molecule has 1 saturated carbocycles. The number of oxazole rings is 1. The molecule has 0 unspecified atom stereocenters. The Morgan fingerprint density at radius 1 is 1.02 bits per heavy atom. The number of rotatable bonds is 7. The van der Waals surface area contributed by atoms with Gasteiger partial charge in [0.2, 0.25) is 5.89 Å². The molecule has 0 saturated heterocycles. The Morgan fingerprint density at radius 3 is 2.63 bits per heavy atom. The summed E-state index contributed by atoms with van der Waals surface area (Å²) >= 11 is 0. The minimum Gasteiger partial charge on any atom is -0.445 e. The average Bonchev–Trinajstić information content (AvgIpc) is 3.61. The lowest BCUT2D eigenvalue weighted by molar-refractivity contribution is 0.0822. The Balaban J connectivity index is 1.26. The number of carbonyl (C=O) groups excluding carboxylic acids is 1. The van der Waals surface area contributed by atoms with Gasteiger partial charge in [-0.3, -0.25) is 4.79 Å². The minimum atomic E-state index is -0.790. The van der Waals surface area contributed by atoms with Gasteiger partial charge >= 0.3 is 0 Å². The van der Waals surface area contributed by atoms with Crippen LogP contribution in [0.2, 0.25) is 0 Å². The molecule has 2 aliphatic rings. The number of hydrogen-bond donors (Lipinski definition) is 4. The highest BCUT2D eigenvalue weighted by molar-refractivity contribution is 5.96. The van der Waals surface area contributed by atoms with Gasteiger partial charge < -0.3 is 25.5 Å². The highest BCUT2D eigenvalue weighted by Gasteiger charge is 2.44. The predicted molar refractivity (Wildman–Crippen MR) is 170 cm³/mol. The number of nitrogens with one attached hydrogen (secondary N) is 3. The lowest BCUT2D eigenvalue weighted by atomic mass is 9.95. The summed E-state index contributed by atoms with van der Waals surface area (Å²) in [6, 6.07) is 22.5. The fourth-order valence-electron chi connectivity index (χ4n) is 6.07. The van der Waals surface area contributed by atoms with E-state index in [1.807, 2.05) is 12.1 Å². The van der Waals surface area contributed by atoms with Crippen LogP contribution in [0.4, 0.5) is 5.69 Å². The summed E-state index contributed by atoms with van der Waals surface area (Å²) < 4.78 is 5.55. The smallest absolute Gasteiger partial charge is 0.251 e. The fourth-order valence-corrected chi connectivity index (χ4v) is 6.07. The summed E-state index contributed by atoms with van der Waals surface area (Å²) in [5.41, 5.74) is 6.92. The van der Waals surface area contributed by atoms with Crippen molar-refractivity contribution in [3.63, 3.8) is 0 Å². The summed E-state index contributed by atoms with van der Waals surface area (Å²) in [4.78, 5) is 18.1. The molecule has 7 heteroatoms. The van der Waals surface area contributed by atoms with Crippen molar-refractivity contribution in [1.29, 1.82) is 0 Å². The number of amides is 1. The van der Waals surface area contributed by atoms with E-state index in [1.54, 1.807) is 12.3 Å². The molecule has 1 amide bonds. The van der Waals surface area contributed by atoms with Crippen LogP contribution < -0.4 is 16.0 Å². The number of benzene rings is 3. The van der Waals surface area contributed by atoms with Crippen LogP contribution in [0, 0.1) is 0 Å². The minimum absolute atomic E-state index is 0.124. The molecule has 7 nitrogen and oxygen atoms in total.